The van der Waals surface area contributed by atoms with Gasteiger partial charge in [-0.25, -0.2) is 9.59 Å². The lowest BCUT2D eigenvalue weighted by Crippen LogP contribution is -2.26. The van der Waals surface area contributed by atoms with E-state index in [0.717, 1.165) is 0 Å². The molecule has 0 unspecified atom stereocenters. The van der Waals surface area contributed by atoms with Crippen LogP contribution in [0.4, 0.5) is 0 Å². The summed E-state index contributed by atoms with van der Waals surface area (Å²) >= 11 is 0. The van der Waals surface area contributed by atoms with Crippen molar-refractivity contribution in [2.45, 2.75) is 0 Å². The van der Waals surface area contributed by atoms with E-state index in [1.807, 2.05) is 0 Å². The number of methoxy groups -OCH3 is 2. The summed E-state index contributed by atoms with van der Waals surface area (Å²) in [6.07, 6.45) is 0. The van der Waals surface area contributed by atoms with Crippen LogP contribution in [-0.2, 0) is 9.47 Å². The van der Waals surface area contributed by atoms with Gasteiger partial charge in [0, 0.05) is 22.3 Å². The van der Waals surface area contributed by atoms with Gasteiger partial charge in [0.05, 0.1) is 25.3 Å². The molecule has 0 saturated carbocycles. The average Bonchev–Trinajstić information content (AvgIpc) is 2.63. The summed E-state index contributed by atoms with van der Waals surface area (Å²) in [6, 6.07) is 8.76. The smallest absolute Gasteiger partial charge is 0.338 e. The van der Waals surface area contributed by atoms with Crippen molar-refractivity contribution in [1.82, 2.24) is 0 Å². The van der Waals surface area contributed by atoms with E-state index in [4.69, 9.17) is 0 Å². The van der Waals surface area contributed by atoms with Gasteiger partial charge in [-0.2, -0.15) is 0 Å². The number of carbonyl (C=O) groups is 4. The van der Waals surface area contributed by atoms with E-state index >= 15 is 0 Å². The van der Waals surface area contributed by atoms with Gasteiger partial charge >= 0.3 is 11.9 Å². The number of ketones is 2. The van der Waals surface area contributed by atoms with Crippen molar-refractivity contribution in [1.29, 1.82) is 0 Å². The first-order chi connectivity index (χ1) is 11.5. The topological polar surface area (TPSA) is 86.7 Å². The van der Waals surface area contributed by atoms with Crippen LogP contribution in [0.15, 0.2) is 36.4 Å². The van der Waals surface area contributed by atoms with Crippen LogP contribution in [0.2, 0.25) is 0 Å². The molecule has 0 atom stereocenters. The molecule has 0 spiro atoms. The van der Waals surface area contributed by atoms with E-state index < -0.39 is 23.5 Å². The van der Waals surface area contributed by atoms with Crippen molar-refractivity contribution in [3.8, 4) is 0 Å². The zero-order chi connectivity index (χ0) is 17.4. The predicted octanol–water partition coefficient (Wildman–Crippen LogP) is 2.04. The summed E-state index contributed by atoms with van der Waals surface area (Å²) in [6.45, 7) is 0. The van der Waals surface area contributed by atoms with Crippen molar-refractivity contribution in [2.75, 3.05) is 14.2 Å². The molecule has 1 aliphatic rings. The molecule has 0 saturated heterocycles. The first-order valence-electron chi connectivity index (χ1n) is 7.03. The fourth-order valence-electron chi connectivity index (χ4n) is 2.80. The minimum atomic E-state index is -0.730. The van der Waals surface area contributed by atoms with E-state index in [-0.39, 0.29) is 33.4 Å². The first-order valence-corrected chi connectivity index (χ1v) is 7.03. The number of esters is 2. The minimum absolute atomic E-state index is 0.0151. The number of benzene rings is 2. The van der Waals surface area contributed by atoms with Gasteiger partial charge < -0.3 is 9.47 Å². The molecule has 0 fully saturated rings. The Morgan fingerprint density at radius 3 is 1.50 bits per heavy atom. The third-order valence-corrected chi connectivity index (χ3v) is 3.88. The molecule has 2 aromatic rings. The average molecular weight is 324 g/mol. The zero-order valence-electron chi connectivity index (χ0n) is 12.9. The minimum Gasteiger partial charge on any atom is -0.465 e. The van der Waals surface area contributed by atoms with E-state index in [0.29, 0.717) is 0 Å². The molecule has 6 heteroatoms. The Bertz CT molecular complexity index is 838. The number of rotatable bonds is 2. The Kier molecular flexibility index (Phi) is 3.73. The molecule has 0 amide bonds. The highest BCUT2D eigenvalue weighted by atomic mass is 16.5. The lowest BCUT2D eigenvalue weighted by Gasteiger charge is -2.21. The van der Waals surface area contributed by atoms with Crippen LogP contribution >= 0.6 is 0 Å². The van der Waals surface area contributed by atoms with Crippen LogP contribution < -0.4 is 0 Å². The predicted molar refractivity (Wildman–Crippen MR) is 82.4 cm³/mol. The van der Waals surface area contributed by atoms with Crippen LogP contribution in [0.1, 0.15) is 52.6 Å². The van der Waals surface area contributed by atoms with Gasteiger partial charge in [0.2, 0.25) is 0 Å². The maximum absolute atomic E-state index is 13.0. The van der Waals surface area contributed by atoms with Crippen LogP contribution in [-0.4, -0.2) is 37.7 Å². The third-order valence-electron chi connectivity index (χ3n) is 3.88. The largest absolute Gasteiger partial charge is 0.465 e. The van der Waals surface area contributed by atoms with Crippen molar-refractivity contribution in [3.05, 3.63) is 69.8 Å². The summed E-state index contributed by atoms with van der Waals surface area (Å²) in [7, 11) is 2.37. The Balaban J connectivity index is 2.33. The van der Waals surface area contributed by atoms with Crippen LogP contribution in [0.5, 0.6) is 0 Å². The van der Waals surface area contributed by atoms with E-state index in [1.165, 1.54) is 50.6 Å². The van der Waals surface area contributed by atoms with Crippen LogP contribution in [0.3, 0.4) is 0 Å². The highest BCUT2D eigenvalue weighted by Gasteiger charge is 2.36. The SMILES string of the molecule is COC(=O)c1cccc2c1C(=O)c1c(C(=O)OC)cccc1C2=O. The second-order valence-electron chi connectivity index (χ2n) is 5.10. The molecule has 24 heavy (non-hydrogen) atoms. The van der Waals surface area contributed by atoms with Crippen molar-refractivity contribution in [3.63, 3.8) is 0 Å². The Labute approximate surface area is 137 Å². The maximum Gasteiger partial charge on any atom is 0.338 e. The molecular formula is C18H12O6. The summed E-state index contributed by atoms with van der Waals surface area (Å²) in [5, 5.41) is 0. The summed E-state index contributed by atoms with van der Waals surface area (Å²) in [5.74, 6) is -2.48. The number of hydrogen-bond acceptors (Lipinski definition) is 6. The normalized spacial score (nSPS) is 12.2. The third kappa shape index (κ3) is 2.11. The fraction of sp³-hybridized carbons (Fsp3) is 0.111. The maximum atomic E-state index is 13.0. The molecule has 0 radical (unpaired) electrons. The van der Waals surface area contributed by atoms with Crippen molar-refractivity contribution < 1.29 is 28.7 Å². The van der Waals surface area contributed by atoms with E-state index in [2.05, 4.69) is 9.47 Å². The molecule has 0 bridgehead atoms. The standard InChI is InChI=1S/C18H12O6/c1-23-17(21)11-7-3-5-9-13(11)16(20)14-10(15(9)19)6-4-8-12(14)18(22)24-2/h3-8H,1-2H3. The molecule has 0 N–H and O–H groups in total. The Morgan fingerprint density at radius 1 is 0.708 bits per heavy atom. The Morgan fingerprint density at radius 2 is 1.12 bits per heavy atom. The number of ether oxygens (including phenoxy) is 2. The molecule has 0 aromatic heterocycles. The Hall–Kier alpha value is -3.28. The van der Waals surface area contributed by atoms with Gasteiger partial charge in [-0.15, -0.1) is 0 Å². The van der Waals surface area contributed by atoms with Gasteiger partial charge in [0.25, 0.3) is 0 Å². The van der Waals surface area contributed by atoms with Crippen LogP contribution in [0.25, 0.3) is 0 Å². The van der Waals surface area contributed by atoms with Crippen molar-refractivity contribution in [2.24, 2.45) is 0 Å². The molecule has 0 aliphatic heterocycles. The highest BCUT2D eigenvalue weighted by molar-refractivity contribution is 6.32. The van der Waals surface area contributed by atoms with Gasteiger partial charge in [0.1, 0.15) is 0 Å². The van der Waals surface area contributed by atoms with Crippen molar-refractivity contribution >= 4 is 23.5 Å². The molecule has 0 heterocycles. The quantitative estimate of drug-likeness (QED) is 0.670. The molecular weight excluding hydrogens is 312 g/mol. The molecule has 1 aliphatic carbocycles. The van der Waals surface area contributed by atoms with Crippen LogP contribution in [0, 0.1) is 0 Å². The second-order valence-corrected chi connectivity index (χ2v) is 5.10. The van der Waals surface area contributed by atoms with E-state index in [9.17, 15) is 19.2 Å². The molecule has 2 aromatic carbocycles. The van der Waals surface area contributed by atoms with Gasteiger partial charge in [-0.3, -0.25) is 9.59 Å². The summed E-state index contributed by atoms with van der Waals surface area (Å²) in [4.78, 5) is 49.6. The molecule has 6 nitrogen and oxygen atoms in total. The van der Waals surface area contributed by atoms with E-state index in [1.54, 1.807) is 0 Å². The number of carbonyl (C=O) groups excluding carboxylic acids is 4. The second kappa shape index (κ2) is 5.73. The summed E-state index contributed by atoms with van der Waals surface area (Å²) < 4.78 is 9.36. The molecule has 3 rings (SSSR count). The highest BCUT2D eigenvalue weighted by Crippen LogP contribution is 2.32. The lowest BCUT2D eigenvalue weighted by atomic mass is 9.80. The summed E-state index contributed by atoms with van der Waals surface area (Å²) in [5.41, 5.74) is 0.0728. The number of fused-ring (bicyclic) bond motifs is 2. The molecule has 120 valence electrons. The van der Waals surface area contributed by atoms with Gasteiger partial charge in [-0.05, 0) is 12.1 Å². The zero-order valence-corrected chi connectivity index (χ0v) is 12.9. The first kappa shape index (κ1) is 15.6. The van der Waals surface area contributed by atoms with Gasteiger partial charge in [0.15, 0.2) is 11.6 Å². The number of hydrogen-bond donors (Lipinski definition) is 0. The fourth-order valence-corrected chi connectivity index (χ4v) is 2.80. The van der Waals surface area contributed by atoms with Gasteiger partial charge in [-0.1, -0.05) is 24.3 Å². The lowest BCUT2D eigenvalue weighted by molar-refractivity contribution is 0.0592. The monoisotopic (exact) mass is 324 g/mol.